The predicted octanol–water partition coefficient (Wildman–Crippen LogP) is 1.04. The van der Waals surface area contributed by atoms with Gasteiger partial charge in [0.1, 0.15) is 5.69 Å². The molecule has 0 bridgehead atoms. The Labute approximate surface area is 51.9 Å². The van der Waals surface area contributed by atoms with Crippen LogP contribution in [-0.4, -0.2) is 10.2 Å². The van der Waals surface area contributed by atoms with Crippen molar-refractivity contribution in [2.45, 2.75) is 0 Å². The Kier molecular flexibility index (Phi) is 1.23. The van der Waals surface area contributed by atoms with Crippen molar-refractivity contribution in [1.29, 1.82) is 0 Å². The summed E-state index contributed by atoms with van der Waals surface area (Å²) >= 11 is 5.40. The van der Waals surface area contributed by atoms with Gasteiger partial charge in [0.05, 0.1) is 0 Å². The first kappa shape index (κ1) is 5.20. The second kappa shape index (κ2) is 1.89. The van der Waals surface area contributed by atoms with Crippen molar-refractivity contribution < 1.29 is 0 Å². The average molecular weight is 127 g/mol. The average Bonchev–Trinajstić information content (AvgIpc) is 2.14. The van der Waals surface area contributed by atoms with Gasteiger partial charge in [0.15, 0.2) is 5.15 Å². The molecule has 1 aromatic rings. The van der Waals surface area contributed by atoms with Gasteiger partial charge >= 0.3 is 0 Å². The summed E-state index contributed by atoms with van der Waals surface area (Å²) in [6, 6.07) is 1.58. The van der Waals surface area contributed by atoms with Gasteiger partial charge in [-0.3, -0.25) is 5.10 Å². The molecule has 8 heavy (non-hydrogen) atoms. The number of terminal acetylenes is 1. The van der Waals surface area contributed by atoms with Crippen molar-refractivity contribution in [2.75, 3.05) is 0 Å². The van der Waals surface area contributed by atoms with Crippen LogP contribution in [-0.2, 0) is 0 Å². The molecule has 0 amide bonds. The Morgan fingerprint density at radius 2 is 2.62 bits per heavy atom. The summed E-state index contributed by atoms with van der Waals surface area (Å²) in [5.41, 5.74) is 0.606. The van der Waals surface area contributed by atoms with Gasteiger partial charge in [-0.15, -0.1) is 6.42 Å². The lowest BCUT2D eigenvalue weighted by Crippen LogP contribution is -1.68. The smallest absolute Gasteiger partial charge is 0.152 e. The number of H-pyrrole nitrogens is 1. The van der Waals surface area contributed by atoms with Crippen molar-refractivity contribution in [2.24, 2.45) is 0 Å². The number of hydrogen-bond donors (Lipinski definition) is 1. The topological polar surface area (TPSA) is 28.7 Å². The molecule has 1 heterocycles. The summed E-state index contributed by atoms with van der Waals surface area (Å²) in [6.45, 7) is 0. The van der Waals surface area contributed by atoms with Gasteiger partial charge in [0, 0.05) is 6.07 Å². The molecule has 0 unspecified atom stereocenters. The molecule has 0 atom stereocenters. The van der Waals surface area contributed by atoms with E-state index in [1.54, 1.807) is 6.07 Å². The number of halogens is 1. The predicted molar refractivity (Wildman–Crippen MR) is 31.5 cm³/mol. The van der Waals surface area contributed by atoms with Crippen LogP contribution in [0.5, 0.6) is 0 Å². The molecule has 3 heteroatoms. The molecule has 0 aromatic carbocycles. The fourth-order valence-corrected chi connectivity index (χ4v) is 0.523. The Morgan fingerprint density at radius 1 is 1.88 bits per heavy atom. The van der Waals surface area contributed by atoms with Crippen LogP contribution in [0.2, 0.25) is 5.15 Å². The molecule has 0 saturated carbocycles. The molecule has 1 rings (SSSR count). The van der Waals surface area contributed by atoms with E-state index >= 15 is 0 Å². The molecule has 0 saturated heterocycles. The van der Waals surface area contributed by atoms with Gasteiger partial charge < -0.3 is 0 Å². The number of nitrogens with zero attached hydrogens (tertiary/aromatic N) is 1. The van der Waals surface area contributed by atoms with E-state index in [2.05, 4.69) is 16.1 Å². The van der Waals surface area contributed by atoms with Gasteiger partial charge in [-0.05, 0) is 0 Å². The molecule has 0 radical (unpaired) electrons. The first-order valence-corrected chi connectivity index (χ1v) is 2.38. The van der Waals surface area contributed by atoms with Crippen molar-refractivity contribution in [3.8, 4) is 12.3 Å². The van der Waals surface area contributed by atoms with Gasteiger partial charge in [0.2, 0.25) is 0 Å². The first-order valence-electron chi connectivity index (χ1n) is 2.00. The number of aromatic nitrogens is 2. The van der Waals surface area contributed by atoms with E-state index in [0.29, 0.717) is 10.8 Å². The van der Waals surface area contributed by atoms with E-state index < -0.39 is 0 Å². The van der Waals surface area contributed by atoms with E-state index in [-0.39, 0.29) is 0 Å². The van der Waals surface area contributed by atoms with Crippen molar-refractivity contribution in [3.63, 3.8) is 0 Å². The second-order valence-electron chi connectivity index (χ2n) is 1.25. The summed E-state index contributed by atoms with van der Waals surface area (Å²) in [7, 11) is 0. The van der Waals surface area contributed by atoms with Crippen LogP contribution >= 0.6 is 11.6 Å². The molecular formula is C5H3ClN2. The molecule has 1 N–H and O–H groups in total. The van der Waals surface area contributed by atoms with Crippen LogP contribution in [0.1, 0.15) is 5.69 Å². The summed E-state index contributed by atoms with van der Waals surface area (Å²) < 4.78 is 0. The molecule has 2 nitrogen and oxygen atoms in total. The zero-order valence-electron chi connectivity index (χ0n) is 3.98. The highest BCUT2D eigenvalue weighted by Gasteiger charge is 1.90. The van der Waals surface area contributed by atoms with Crippen molar-refractivity contribution in [3.05, 3.63) is 16.9 Å². The zero-order valence-corrected chi connectivity index (χ0v) is 4.74. The van der Waals surface area contributed by atoms with Gasteiger partial charge in [-0.1, -0.05) is 17.5 Å². The third kappa shape index (κ3) is 0.824. The van der Waals surface area contributed by atoms with E-state index in [0.717, 1.165) is 0 Å². The lowest BCUT2D eigenvalue weighted by Gasteiger charge is -1.68. The normalized spacial score (nSPS) is 8.50. The molecule has 0 aliphatic rings. The van der Waals surface area contributed by atoms with Gasteiger partial charge in [0.25, 0.3) is 0 Å². The van der Waals surface area contributed by atoms with Crippen LogP contribution in [0.3, 0.4) is 0 Å². The highest BCUT2D eigenvalue weighted by atomic mass is 35.5. The summed E-state index contributed by atoms with van der Waals surface area (Å²) in [4.78, 5) is 0. The number of rotatable bonds is 0. The second-order valence-corrected chi connectivity index (χ2v) is 1.64. The van der Waals surface area contributed by atoms with E-state index in [1.165, 1.54) is 0 Å². The highest BCUT2D eigenvalue weighted by Crippen LogP contribution is 2.02. The third-order valence-corrected chi connectivity index (χ3v) is 0.896. The monoisotopic (exact) mass is 126 g/mol. The molecule has 0 spiro atoms. The Hall–Kier alpha value is -0.940. The molecule has 40 valence electrons. The third-order valence-electron chi connectivity index (χ3n) is 0.702. The Balaban J connectivity index is 3.05. The van der Waals surface area contributed by atoms with Crippen LogP contribution in [0.15, 0.2) is 6.07 Å². The number of aromatic amines is 1. The highest BCUT2D eigenvalue weighted by molar-refractivity contribution is 6.29. The van der Waals surface area contributed by atoms with Gasteiger partial charge in [-0.25, -0.2) is 0 Å². The molecule has 0 fully saturated rings. The molecule has 1 aromatic heterocycles. The maximum atomic E-state index is 5.40. The fourth-order valence-electron chi connectivity index (χ4n) is 0.371. The molecule has 0 aliphatic carbocycles. The number of hydrogen-bond acceptors (Lipinski definition) is 1. The van der Waals surface area contributed by atoms with Crippen molar-refractivity contribution >= 4 is 11.6 Å². The summed E-state index contributed by atoms with van der Waals surface area (Å²) in [5.74, 6) is 2.35. The van der Waals surface area contributed by atoms with Gasteiger partial charge in [-0.2, -0.15) is 5.10 Å². The standard InChI is InChI=1S/C5H3ClN2/c1-2-4-3-5(6)8-7-4/h1,3H,(H,7,8). The minimum atomic E-state index is 0.401. The summed E-state index contributed by atoms with van der Waals surface area (Å²) in [5, 5.41) is 6.52. The maximum absolute atomic E-state index is 5.40. The lowest BCUT2D eigenvalue weighted by atomic mass is 10.5. The first-order chi connectivity index (χ1) is 3.83. The largest absolute Gasteiger partial charge is 0.268 e. The van der Waals surface area contributed by atoms with E-state index in [9.17, 15) is 0 Å². The maximum Gasteiger partial charge on any atom is 0.152 e. The lowest BCUT2D eigenvalue weighted by molar-refractivity contribution is 1.08. The summed E-state index contributed by atoms with van der Waals surface area (Å²) in [6.07, 6.45) is 4.98. The van der Waals surface area contributed by atoms with Crippen LogP contribution in [0.4, 0.5) is 0 Å². The number of nitrogens with one attached hydrogen (secondary N) is 1. The van der Waals surface area contributed by atoms with Crippen LogP contribution in [0.25, 0.3) is 0 Å². The quantitative estimate of drug-likeness (QED) is 0.517. The Morgan fingerprint density at radius 3 is 2.88 bits per heavy atom. The minimum absolute atomic E-state index is 0.401. The molecular weight excluding hydrogens is 124 g/mol. The van der Waals surface area contributed by atoms with Crippen LogP contribution in [0, 0.1) is 12.3 Å². The fraction of sp³-hybridized carbons (Fsp3) is 0. The zero-order chi connectivity index (χ0) is 5.98. The SMILES string of the molecule is C#Cc1cc(Cl)n[nH]1. The van der Waals surface area contributed by atoms with Crippen molar-refractivity contribution in [1.82, 2.24) is 10.2 Å². The minimum Gasteiger partial charge on any atom is -0.268 e. The van der Waals surface area contributed by atoms with E-state index in [1.807, 2.05) is 0 Å². The Bertz CT molecular complexity index is 221. The van der Waals surface area contributed by atoms with Crippen LogP contribution < -0.4 is 0 Å². The molecule has 0 aliphatic heterocycles. The van der Waals surface area contributed by atoms with E-state index in [4.69, 9.17) is 18.0 Å².